The Balaban J connectivity index is 1.55. The Morgan fingerprint density at radius 1 is 1.43 bits per heavy atom. The number of para-hydroxylation sites is 1. The molecule has 1 aliphatic rings. The van der Waals surface area contributed by atoms with Crippen LogP contribution in [0.1, 0.15) is 28.5 Å². The lowest BCUT2D eigenvalue weighted by Gasteiger charge is -2.41. The van der Waals surface area contributed by atoms with Gasteiger partial charge in [-0.1, -0.05) is 18.2 Å². The molecule has 0 saturated heterocycles. The Hall–Kier alpha value is -2.67. The number of aliphatic hydroxyl groups excluding tert-OH is 1. The van der Waals surface area contributed by atoms with E-state index in [1.165, 1.54) is 0 Å². The number of aryl methyl sites for hydroxylation is 1. The second-order valence-electron chi connectivity index (χ2n) is 5.99. The van der Waals surface area contributed by atoms with Crippen molar-refractivity contribution in [3.05, 3.63) is 47.9 Å². The third-order valence-corrected chi connectivity index (χ3v) is 4.34. The molecule has 0 bridgehead atoms. The first kappa shape index (κ1) is 14.0. The van der Waals surface area contributed by atoms with Crippen LogP contribution >= 0.6 is 0 Å². The third-order valence-electron chi connectivity index (χ3n) is 4.34. The molecule has 3 atom stereocenters. The minimum Gasteiger partial charge on any atom is -0.391 e. The number of hydrogen-bond donors (Lipinski definition) is 3. The fourth-order valence-corrected chi connectivity index (χ4v) is 3.09. The zero-order valence-corrected chi connectivity index (χ0v) is 12.6. The van der Waals surface area contributed by atoms with Crippen molar-refractivity contribution in [2.45, 2.75) is 31.5 Å². The molecule has 7 nitrogen and oxygen atoms in total. The van der Waals surface area contributed by atoms with Crippen LogP contribution in [0.4, 0.5) is 0 Å². The highest BCUT2D eigenvalue weighted by Gasteiger charge is 2.43. The maximum Gasteiger partial charge on any atom is 0.272 e. The fourth-order valence-electron chi connectivity index (χ4n) is 3.09. The molecule has 0 aliphatic heterocycles. The maximum absolute atomic E-state index is 12.5. The zero-order valence-electron chi connectivity index (χ0n) is 12.6. The number of benzene rings is 1. The lowest BCUT2D eigenvalue weighted by atomic mass is 9.83. The number of carbonyl (C=O) groups is 1. The number of amides is 1. The minimum atomic E-state index is -0.504. The van der Waals surface area contributed by atoms with Crippen LogP contribution in [0.5, 0.6) is 0 Å². The molecule has 23 heavy (non-hydrogen) atoms. The van der Waals surface area contributed by atoms with Gasteiger partial charge in [0.25, 0.3) is 5.91 Å². The summed E-state index contributed by atoms with van der Waals surface area (Å²) in [6.07, 6.45) is 3.62. The van der Waals surface area contributed by atoms with Gasteiger partial charge in [-0.05, 0) is 25.0 Å². The molecule has 1 aromatic carbocycles. The predicted octanol–water partition coefficient (Wildman–Crippen LogP) is 1.17. The van der Waals surface area contributed by atoms with Crippen molar-refractivity contribution in [1.29, 1.82) is 0 Å². The summed E-state index contributed by atoms with van der Waals surface area (Å²) in [4.78, 5) is 12.5. The summed E-state index contributed by atoms with van der Waals surface area (Å²) in [5.74, 6) is -0.242. The molecule has 0 unspecified atom stereocenters. The molecule has 2 aromatic heterocycles. The summed E-state index contributed by atoms with van der Waals surface area (Å²) >= 11 is 0. The van der Waals surface area contributed by atoms with Gasteiger partial charge in [-0.3, -0.25) is 14.6 Å². The number of aliphatic hydroxyl groups is 1. The average Bonchev–Trinajstić information content (AvgIpc) is 3.13. The van der Waals surface area contributed by atoms with E-state index >= 15 is 0 Å². The van der Waals surface area contributed by atoms with Crippen molar-refractivity contribution in [2.75, 3.05) is 0 Å². The van der Waals surface area contributed by atoms with Gasteiger partial charge in [0.1, 0.15) is 0 Å². The topological polar surface area (TPSA) is 95.8 Å². The largest absolute Gasteiger partial charge is 0.391 e. The van der Waals surface area contributed by atoms with Crippen molar-refractivity contribution >= 4 is 16.8 Å². The van der Waals surface area contributed by atoms with Crippen LogP contribution in [0, 0.1) is 6.92 Å². The molecule has 1 amide bonds. The molecule has 4 rings (SSSR count). The molecule has 1 fully saturated rings. The third kappa shape index (κ3) is 2.29. The van der Waals surface area contributed by atoms with E-state index in [-0.39, 0.29) is 18.0 Å². The van der Waals surface area contributed by atoms with Crippen LogP contribution in [-0.4, -0.2) is 43.1 Å². The SMILES string of the molecule is Cc1cnn([C@H]2[C@H](O)C[C@@H]2NC(=O)c2n[nH]c3ccccc23)c1. The lowest BCUT2D eigenvalue weighted by molar-refractivity contribution is -0.00594. The number of fused-ring (bicyclic) bond motifs is 1. The molecule has 7 heteroatoms. The molecular weight excluding hydrogens is 294 g/mol. The van der Waals surface area contributed by atoms with Crippen LogP contribution in [0.15, 0.2) is 36.7 Å². The smallest absolute Gasteiger partial charge is 0.272 e. The van der Waals surface area contributed by atoms with Crippen molar-refractivity contribution in [3.63, 3.8) is 0 Å². The Morgan fingerprint density at radius 2 is 2.26 bits per heavy atom. The van der Waals surface area contributed by atoms with Gasteiger partial charge >= 0.3 is 0 Å². The number of nitrogens with zero attached hydrogens (tertiary/aromatic N) is 3. The average molecular weight is 311 g/mol. The number of nitrogens with one attached hydrogen (secondary N) is 2. The first-order valence-corrected chi connectivity index (χ1v) is 7.56. The van der Waals surface area contributed by atoms with Gasteiger partial charge in [0, 0.05) is 11.6 Å². The Bertz CT molecular complexity index is 868. The molecule has 1 saturated carbocycles. The van der Waals surface area contributed by atoms with E-state index in [0.29, 0.717) is 12.1 Å². The second kappa shape index (κ2) is 5.20. The summed E-state index contributed by atoms with van der Waals surface area (Å²) in [6, 6.07) is 7.10. The van der Waals surface area contributed by atoms with E-state index in [0.717, 1.165) is 16.5 Å². The predicted molar refractivity (Wildman–Crippen MR) is 84.0 cm³/mol. The van der Waals surface area contributed by atoms with Gasteiger partial charge in [0.05, 0.1) is 29.9 Å². The Morgan fingerprint density at radius 3 is 3.00 bits per heavy atom. The highest BCUT2D eigenvalue weighted by Crippen LogP contribution is 2.33. The normalized spacial score (nSPS) is 23.7. The van der Waals surface area contributed by atoms with Crippen molar-refractivity contribution in [3.8, 4) is 0 Å². The number of H-pyrrole nitrogens is 1. The summed E-state index contributed by atoms with van der Waals surface area (Å²) in [5, 5.41) is 25.0. The first-order chi connectivity index (χ1) is 11.1. The molecule has 3 aromatic rings. The molecular formula is C16H17N5O2. The number of aromatic nitrogens is 4. The number of rotatable bonds is 3. The van der Waals surface area contributed by atoms with Crippen LogP contribution in [0.3, 0.4) is 0 Å². The number of hydrogen-bond acceptors (Lipinski definition) is 4. The molecule has 0 spiro atoms. The maximum atomic E-state index is 12.5. The van der Waals surface area contributed by atoms with Gasteiger partial charge in [-0.25, -0.2) is 0 Å². The van der Waals surface area contributed by atoms with E-state index in [1.807, 2.05) is 37.4 Å². The van der Waals surface area contributed by atoms with Gasteiger partial charge in [0.2, 0.25) is 0 Å². The second-order valence-corrected chi connectivity index (χ2v) is 5.99. The summed E-state index contributed by atoms with van der Waals surface area (Å²) < 4.78 is 1.72. The van der Waals surface area contributed by atoms with Crippen LogP contribution in [0.2, 0.25) is 0 Å². The van der Waals surface area contributed by atoms with Crippen molar-refractivity contribution in [1.82, 2.24) is 25.3 Å². The highest BCUT2D eigenvalue weighted by atomic mass is 16.3. The fraction of sp³-hybridized carbons (Fsp3) is 0.312. The van der Waals surface area contributed by atoms with E-state index in [2.05, 4.69) is 20.6 Å². The van der Waals surface area contributed by atoms with Gasteiger partial charge < -0.3 is 10.4 Å². The first-order valence-electron chi connectivity index (χ1n) is 7.56. The van der Waals surface area contributed by atoms with Crippen LogP contribution < -0.4 is 5.32 Å². The van der Waals surface area contributed by atoms with Crippen LogP contribution in [0.25, 0.3) is 10.9 Å². The quantitative estimate of drug-likeness (QED) is 0.676. The summed E-state index contributed by atoms with van der Waals surface area (Å²) in [6.45, 7) is 1.94. The van der Waals surface area contributed by atoms with E-state index in [9.17, 15) is 9.90 Å². The van der Waals surface area contributed by atoms with Crippen molar-refractivity contribution in [2.24, 2.45) is 0 Å². The standard InChI is InChI=1S/C16H17N5O2/c1-9-7-17-21(8-9)15-12(6-13(15)22)18-16(23)14-10-4-2-3-5-11(10)19-20-14/h2-5,7-8,12-13,15,22H,6H2,1H3,(H,18,23)(H,19,20)/t12-,13+,15+/m0/s1. The Labute approximate surface area is 132 Å². The lowest BCUT2D eigenvalue weighted by Crippen LogP contribution is -2.56. The zero-order chi connectivity index (χ0) is 16.0. The van der Waals surface area contributed by atoms with Crippen molar-refractivity contribution < 1.29 is 9.90 Å². The molecule has 3 N–H and O–H groups in total. The Kier molecular flexibility index (Phi) is 3.16. The van der Waals surface area contributed by atoms with E-state index in [4.69, 9.17) is 0 Å². The summed E-state index contributed by atoms with van der Waals surface area (Å²) in [7, 11) is 0. The van der Waals surface area contributed by atoms with Gasteiger partial charge in [0.15, 0.2) is 5.69 Å². The van der Waals surface area contributed by atoms with Gasteiger partial charge in [-0.2, -0.15) is 10.2 Å². The highest BCUT2D eigenvalue weighted by molar-refractivity contribution is 6.04. The molecule has 118 valence electrons. The number of aromatic amines is 1. The molecule has 0 radical (unpaired) electrons. The molecule has 2 heterocycles. The molecule has 1 aliphatic carbocycles. The van der Waals surface area contributed by atoms with Gasteiger partial charge in [-0.15, -0.1) is 0 Å². The van der Waals surface area contributed by atoms with E-state index in [1.54, 1.807) is 10.9 Å². The monoisotopic (exact) mass is 311 g/mol. The number of carbonyl (C=O) groups excluding carboxylic acids is 1. The summed E-state index contributed by atoms with van der Waals surface area (Å²) in [5.41, 5.74) is 2.22. The van der Waals surface area contributed by atoms with Crippen LogP contribution in [-0.2, 0) is 0 Å². The minimum absolute atomic E-state index is 0.160. The van der Waals surface area contributed by atoms with E-state index < -0.39 is 6.10 Å².